The van der Waals surface area contributed by atoms with Gasteiger partial charge in [0, 0.05) is 0 Å². The van der Waals surface area contributed by atoms with Gasteiger partial charge in [0.05, 0.1) is 18.3 Å². The molecule has 15 heavy (non-hydrogen) atoms. The highest BCUT2D eigenvalue weighted by atomic mass is 79.9. The van der Waals surface area contributed by atoms with E-state index in [0.717, 1.165) is 10.4 Å². The van der Waals surface area contributed by atoms with Crippen LogP contribution < -0.4 is 4.74 Å². The van der Waals surface area contributed by atoms with Gasteiger partial charge in [-0.25, -0.2) is 0 Å². The maximum absolute atomic E-state index is 5.93. The van der Waals surface area contributed by atoms with E-state index in [1.54, 1.807) is 0 Å². The summed E-state index contributed by atoms with van der Waals surface area (Å²) in [4.78, 5) is 0. The fourth-order valence-electron chi connectivity index (χ4n) is 2.17. The Morgan fingerprint density at radius 1 is 1.27 bits per heavy atom. The predicted octanol–water partition coefficient (Wildman–Crippen LogP) is 3.30. The van der Waals surface area contributed by atoms with Gasteiger partial charge < -0.3 is 4.74 Å². The lowest BCUT2D eigenvalue weighted by molar-refractivity contribution is 0.208. The van der Waals surface area contributed by atoms with Gasteiger partial charge in [0.2, 0.25) is 0 Å². The first-order valence-corrected chi connectivity index (χ1v) is 6.53. The maximum Gasteiger partial charge on any atom is 0.172 e. The van der Waals surface area contributed by atoms with Crippen LogP contribution in [0.1, 0.15) is 44.6 Å². The normalized spacial score (nSPS) is 22.2. The molecule has 2 aliphatic carbocycles. The van der Waals surface area contributed by atoms with Crippen molar-refractivity contribution in [1.29, 1.82) is 0 Å². The second-order valence-corrected chi connectivity index (χ2v) is 5.25. The van der Waals surface area contributed by atoms with Gasteiger partial charge in [-0.3, -0.25) is 4.68 Å². The van der Waals surface area contributed by atoms with Crippen LogP contribution >= 0.6 is 15.9 Å². The number of aromatic nitrogens is 2. The van der Waals surface area contributed by atoms with E-state index in [2.05, 4.69) is 21.0 Å². The molecule has 2 fully saturated rings. The van der Waals surface area contributed by atoms with E-state index in [4.69, 9.17) is 4.74 Å². The zero-order valence-electron chi connectivity index (χ0n) is 8.66. The molecule has 1 aromatic heterocycles. The summed E-state index contributed by atoms with van der Waals surface area (Å²) in [6.07, 6.45) is 9.77. The molecule has 0 unspecified atom stereocenters. The van der Waals surface area contributed by atoms with Gasteiger partial charge in [-0.2, -0.15) is 5.10 Å². The lowest BCUT2D eigenvalue weighted by atomic mass is 10.3. The van der Waals surface area contributed by atoms with Gasteiger partial charge in [-0.1, -0.05) is 0 Å². The molecule has 0 spiro atoms. The summed E-state index contributed by atoms with van der Waals surface area (Å²) < 4.78 is 9.01. The lowest BCUT2D eigenvalue weighted by Crippen LogP contribution is -2.10. The highest BCUT2D eigenvalue weighted by molar-refractivity contribution is 9.10. The summed E-state index contributed by atoms with van der Waals surface area (Å²) in [5.74, 6) is 0.925. The Morgan fingerprint density at radius 3 is 2.67 bits per heavy atom. The van der Waals surface area contributed by atoms with Crippen LogP contribution in [0.15, 0.2) is 10.8 Å². The Hall–Kier alpha value is -0.510. The van der Waals surface area contributed by atoms with Gasteiger partial charge >= 0.3 is 0 Å². The van der Waals surface area contributed by atoms with Crippen LogP contribution in [0.4, 0.5) is 0 Å². The zero-order valence-corrected chi connectivity index (χ0v) is 10.2. The van der Waals surface area contributed by atoms with Crippen LogP contribution in [0.25, 0.3) is 0 Å². The first-order valence-electron chi connectivity index (χ1n) is 5.74. The molecule has 2 saturated carbocycles. The van der Waals surface area contributed by atoms with E-state index in [1.165, 1.54) is 38.5 Å². The van der Waals surface area contributed by atoms with E-state index in [1.807, 2.05) is 10.9 Å². The molecule has 0 saturated heterocycles. The van der Waals surface area contributed by atoms with Crippen LogP contribution in [0.2, 0.25) is 0 Å². The second-order valence-electron chi connectivity index (χ2n) is 4.50. The van der Waals surface area contributed by atoms with Crippen LogP contribution in [-0.2, 0) is 0 Å². The Morgan fingerprint density at radius 2 is 2.00 bits per heavy atom. The number of nitrogens with zero attached hydrogens (tertiary/aromatic N) is 2. The first kappa shape index (κ1) is 9.70. The fraction of sp³-hybridized carbons (Fsp3) is 0.727. The molecule has 82 valence electrons. The number of hydrogen-bond donors (Lipinski definition) is 0. The molecule has 0 radical (unpaired) electrons. The molecule has 1 heterocycles. The molecule has 1 aromatic rings. The SMILES string of the molecule is Brc1c(OC2CCCC2)cnn1C1CC1. The van der Waals surface area contributed by atoms with Gasteiger partial charge in [-0.15, -0.1) is 0 Å². The monoisotopic (exact) mass is 270 g/mol. The molecule has 2 aliphatic rings. The second kappa shape index (κ2) is 3.81. The van der Waals surface area contributed by atoms with Gasteiger partial charge in [0.25, 0.3) is 0 Å². The van der Waals surface area contributed by atoms with Crippen LogP contribution in [0.5, 0.6) is 5.75 Å². The van der Waals surface area contributed by atoms with Crippen molar-refractivity contribution < 1.29 is 4.74 Å². The van der Waals surface area contributed by atoms with Crippen molar-refractivity contribution in [2.45, 2.75) is 50.7 Å². The van der Waals surface area contributed by atoms with Crippen molar-refractivity contribution in [3.63, 3.8) is 0 Å². The first-order chi connectivity index (χ1) is 7.34. The summed E-state index contributed by atoms with van der Waals surface area (Å²) in [5, 5.41) is 4.36. The summed E-state index contributed by atoms with van der Waals surface area (Å²) in [5.41, 5.74) is 0. The highest BCUT2D eigenvalue weighted by Crippen LogP contribution is 2.40. The topological polar surface area (TPSA) is 27.1 Å². The van der Waals surface area contributed by atoms with E-state index in [0.29, 0.717) is 12.1 Å². The summed E-state index contributed by atoms with van der Waals surface area (Å²) in [6.45, 7) is 0. The average molecular weight is 271 g/mol. The molecule has 0 N–H and O–H groups in total. The van der Waals surface area contributed by atoms with Crippen molar-refractivity contribution in [3.05, 3.63) is 10.8 Å². The highest BCUT2D eigenvalue weighted by Gasteiger charge is 2.28. The molecule has 0 amide bonds. The van der Waals surface area contributed by atoms with E-state index in [-0.39, 0.29) is 0 Å². The minimum Gasteiger partial charge on any atom is -0.486 e. The summed E-state index contributed by atoms with van der Waals surface area (Å²) in [6, 6.07) is 0.611. The Labute approximate surface area is 97.9 Å². The summed E-state index contributed by atoms with van der Waals surface area (Å²) >= 11 is 3.57. The molecule has 0 aliphatic heterocycles. The van der Waals surface area contributed by atoms with Gasteiger partial charge in [-0.05, 0) is 54.5 Å². The molecule has 3 rings (SSSR count). The Bertz CT molecular complexity index is 353. The molecule has 4 heteroatoms. The van der Waals surface area contributed by atoms with Crippen LogP contribution in [0, 0.1) is 0 Å². The lowest BCUT2D eigenvalue weighted by Gasteiger charge is -2.11. The van der Waals surface area contributed by atoms with E-state index >= 15 is 0 Å². The molecule has 0 atom stereocenters. The van der Waals surface area contributed by atoms with Crippen molar-refractivity contribution >= 4 is 15.9 Å². The molecular formula is C11H15BrN2O. The van der Waals surface area contributed by atoms with Crippen molar-refractivity contribution in [2.75, 3.05) is 0 Å². The third-order valence-electron chi connectivity index (χ3n) is 3.19. The average Bonchev–Trinajstić information content (AvgIpc) is 2.83. The molecule has 3 nitrogen and oxygen atoms in total. The summed E-state index contributed by atoms with van der Waals surface area (Å²) in [7, 11) is 0. The van der Waals surface area contributed by atoms with Crippen molar-refractivity contribution in [1.82, 2.24) is 9.78 Å². The fourth-order valence-corrected chi connectivity index (χ4v) is 2.75. The minimum absolute atomic E-state index is 0.415. The van der Waals surface area contributed by atoms with E-state index in [9.17, 15) is 0 Å². The molecule has 0 aromatic carbocycles. The Kier molecular flexibility index (Phi) is 2.47. The number of ether oxygens (including phenoxy) is 1. The third-order valence-corrected chi connectivity index (χ3v) is 3.95. The molecular weight excluding hydrogens is 256 g/mol. The standard InChI is InChI=1S/C11H15BrN2O/c12-11-10(15-9-3-1-2-4-9)7-13-14(11)8-5-6-8/h7-9H,1-6H2. The quantitative estimate of drug-likeness (QED) is 0.843. The van der Waals surface area contributed by atoms with Crippen molar-refractivity contribution in [3.8, 4) is 5.75 Å². The number of halogens is 1. The van der Waals surface area contributed by atoms with Crippen molar-refractivity contribution in [2.24, 2.45) is 0 Å². The predicted molar refractivity (Wildman–Crippen MR) is 61.1 cm³/mol. The third kappa shape index (κ3) is 1.92. The smallest absolute Gasteiger partial charge is 0.172 e. The number of hydrogen-bond acceptors (Lipinski definition) is 2. The Balaban J connectivity index is 1.73. The largest absolute Gasteiger partial charge is 0.486 e. The van der Waals surface area contributed by atoms with Gasteiger partial charge in [0.15, 0.2) is 5.75 Å². The number of rotatable bonds is 3. The van der Waals surface area contributed by atoms with Crippen LogP contribution in [-0.4, -0.2) is 15.9 Å². The van der Waals surface area contributed by atoms with Crippen LogP contribution in [0.3, 0.4) is 0 Å². The van der Waals surface area contributed by atoms with Gasteiger partial charge in [0.1, 0.15) is 4.60 Å². The zero-order chi connectivity index (χ0) is 10.3. The molecule has 0 bridgehead atoms. The minimum atomic E-state index is 0.415. The maximum atomic E-state index is 5.93. The van der Waals surface area contributed by atoms with E-state index < -0.39 is 0 Å².